The zero-order chi connectivity index (χ0) is 10.7. The van der Waals surface area contributed by atoms with Crippen molar-refractivity contribution in [2.75, 3.05) is 6.61 Å². The Hall–Kier alpha value is -0.100. The van der Waals surface area contributed by atoms with Crippen molar-refractivity contribution >= 4 is 44.5 Å². The fraction of sp³-hybridized carbons (Fsp3) is 0.300. The zero-order valence-corrected chi connectivity index (χ0v) is 11.7. The van der Waals surface area contributed by atoms with Gasteiger partial charge in [-0.25, -0.2) is 4.79 Å². The van der Waals surface area contributed by atoms with Crippen LogP contribution in [0.5, 0.6) is 0 Å². The van der Waals surface area contributed by atoms with Crippen molar-refractivity contribution in [3.8, 4) is 0 Å². The fourth-order valence-corrected chi connectivity index (χ4v) is 2.58. The summed E-state index contributed by atoms with van der Waals surface area (Å²) in [6.07, 6.45) is 0. The van der Waals surface area contributed by atoms with E-state index in [0.29, 0.717) is 12.2 Å². The molecule has 0 aromatic heterocycles. The third-order valence-electron chi connectivity index (χ3n) is 1.80. The number of esters is 1. The summed E-state index contributed by atoms with van der Waals surface area (Å²) < 4.78 is 6.91. The molecule has 0 aliphatic rings. The zero-order valence-electron chi connectivity index (χ0n) is 7.93. The molecule has 0 aliphatic heterocycles. The van der Waals surface area contributed by atoms with Gasteiger partial charge >= 0.3 is 5.97 Å². The van der Waals surface area contributed by atoms with Gasteiger partial charge in [-0.05, 0) is 54.1 Å². The Labute approximate surface area is 105 Å². The van der Waals surface area contributed by atoms with Crippen molar-refractivity contribution in [3.05, 3.63) is 31.3 Å². The molecule has 0 saturated carbocycles. The molecule has 0 fully saturated rings. The van der Waals surface area contributed by atoms with Gasteiger partial charge in [0.2, 0.25) is 0 Å². The maximum atomic E-state index is 11.5. The van der Waals surface area contributed by atoms with Crippen LogP contribution in [0.25, 0.3) is 0 Å². The van der Waals surface area contributed by atoms with E-state index in [1.807, 2.05) is 19.1 Å². The van der Waals surface area contributed by atoms with Crippen molar-refractivity contribution in [2.45, 2.75) is 13.8 Å². The van der Waals surface area contributed by atoms with E-state index in [9.17, 15) is 4.79 Å². The predicted octanol–water partition coefficient (Wildman–Crippen LogP) is 3.54. The third-order valence-corrected chi connectivity index (χ3v) is 3.25. The van der Waals surface area contributed by atoms with Crippen LogP contribution in [0.3, 0.4) is 0 Å². The van der Waals surface area contributed by atoms with Crippen LogP contribution in [-0.2, 0) is 4.74 Å². The normalized spacial score (nSPS) is 10.0. The molecule has 2 nitrogen and oxygen atoms in total. The summed E-state index contributed by atoms with van der Waals surface area (Å²) >= 11 is 5.58. The second-order valence-electron chi connectivity index (χ2n) is 2.78. The summed E-state index contributed by atoms with van der Waals surface area (Å²) in [7, 11) is 0. The van der Waals surface area contributed by atoms with Gasteiger partial charge in [-0.3, -0.25) is 0 Å². The molecule has 0 heterocycles. The first-order chi connectivity index (χ1) is 6.56. The molecule has 0 spiro atoms. The molecular weight excluding hydrogens is 359 g/mol. The molecule has 0 radical (unpaired) electrons. The number of ether oxygens (including phenoxy) is 1. The second-order valence-corrected chi connectivity index (χ2v) is 4.88. The Balaban J connectivity index is 3.13. The van der Waals surface area contributed by atoms with Crippen LogP contribution in [0.1, 0.15) is 22.8 Å². The lowest BCUT2D eigenvalue weighted by Gasteiger charge is -2.07. The van der Waals surface area contributed by atoms with Gasteiger partial charge in [0, 0.05) is 8.04 Å². The minimum absolute atomic E-state index is 0.260. The van der Waals surface area contributed by atoms with Gasteiger partial charge in [0.15, 0.2) is 0 Å². The first-order valence-corrected chi connectivity index (χ1v) is 6.06. The molecule has 1 aromatic carbocycles. The van der Waals surface area contributed by atoms with Crippen molar-refractivity contribution < 1.29 is 9.53 Å². The maximum Gasteiger partial charge on any atom is 0.338 e. The summed E-state index contributed by atoms with van der Waals surface area (Å²) in [4.78, 5) is 11.5. The number of rotatable bonds is 2. The molecule has 0 saturated heterocycles. The highest BCUT2D eigenvalue weighted by molar-refractivity contribution is 14.1. The first kappa shape index (κ1) is 12.0. The van der Waals surface area contributed by atoms with Crippen LogP contribution in [0.4, 0.5) is 0 Å². The number of carbonyl (C=O) groups excluding carboxylic acids is 1. The Morgan fingerprint density at radius 3 is 2.79 bits per heavy atom. The van der Waals surface area contributed by atoms with Gasteiger partial charge in [0.05, 0.1) is 12.2 Å². The molecule has 1 aromatic rings. The van der Waals surface area contributed by atoms with Gasteiger partial charge in [-0.1, -0.05) is 15.9 Å². The molecule has 0 aliphatic carbocycles. The molecule has 76 valence electrons. The van der Waals surface area contributed by atoms with Crippen LogP contribution >= 0.6 is 38.5 Å². The van der Waals surface area contributed by atoms with E-state index < -0.39 is 0 Å². The first-order valence-electron chi connectivity index (χ1n) is 4.19. The predicted molar refractivity (Wildman–Crippen MR) is 67.6 cm³/mol. The van der Waals surface area contributed by atoms with Crippen molar-refractivity contribution in [3.63, 3.8) is 0 Å². The molecule has 0 bridgehead atoms. The summed E-state index contributed by atoms with van der Waals surface area (Å²) in [5.74, 6) is -0.260. The molecule has 4 heteroatoms. The molecular formula is C10H10BrIO2. The van der Waals surface area contributed by atoms with Crippen LogP contribution in [0.2, 0.25) is 0 Å². The fourth-order valence-electron chi connectivity index (χ4n) is 1.07. The largest absolute Gasteiger partial charge is 0.462 e. The number of carbonyl (C=O) groups is 1. The SMILES string of the molecule is CCOC(=O)c1cc(I)cc(Br)c1C. The lowest BCUT2D eigenvalue weighted by Crippen LogP contribution is -2.07. The van der Waals surface area contributed by atoms with E-state index in [2.05, 4.69) is 38.5 Å². The topological polar surface area (TPSA) is 26.3 Å². The number of benzene rings is 1. The lowest BCUT2D eigenvalue weighted by molar-refractivity contribution is 0.0525. The van der Waals surface area contributed by atoms with Crippen LogP contribution < -0.4 is 0 Å². The number of halogens is 2. The summed E-state index contributed by atoms with van der Waals surface area (Å²) in [6.45, 7) is 4.10. The Morgan fingerprint density at radius 2 is 2.21 bits per heavy atom. The molecule has 0 atom stereocenters. The van der Waals surface area contributed by atoms with Gasteiger partial charge in [-0.15, -0.1) is 0 Å². The van der Waals surface area contributed by atoms with Gasteiger partial charge in [0.25, 0.3) is 0 Å². The van der Waals surface area contributed by atoms with E-state index >= 15 is 0 Å². The Morgan fingerprint density at radius 1 is 1.57 bits per heavy atom. The molecule has 14 heavy (non-hydrogen) atoms. The quantitative estimate of drug-likeness (QED) is 0.589. The van der Waals surface area contributed by atoms with E-state index in [1.165, 1.54) is 0 Å². The average molecular weight is 369 g/mol. The highest BCUT2D eigenvalue weighted by atomic mass is 127. The monoisotopic (exact) mass is 368 g/mol. The van der Waals surface area contributed by atoms with Crippen molar-refractivity contribution in [1.29, 1.82) is 0 Å². The van der Waals surface area contributed by atoms with E-state index in [0.717, 1.165) is 13.6 Å². The lowest BCUT2D eigenvalue weighted by atomic mass is 10.1. The highest BCUT2D eigenvalue weighted by Crippen LogP contribution is 2.23. The van der Waals surface area contributed by atoms with Crippen molar-refractivity contribution in [2.24, 2.45) is 0 Å². The van der Waals surface area contributed by atoms with E-state index in [4.69, 9.17) is 4.74 Å². The highest BCUT2D eigenvalue weighted by Gasteiger charge is 2.12. The number of hydrogen-bond acceptors (Lipinski definition) is 2. The van der Waals surface area contributed by atoms with E-state index in [-0.39, 0.29) is 5.97 Å². The van der Waals surface area contributed by atoms with Gasteiger partial charge < -0.3 is 4.74 Å². The van der Waals surface area contributed by atoms with Crippen LogP contribution in [0, 0.1) is 10.5 Å². The Bertz CT molecular complexity index is 363. The summed E-state index contributed by atoms with van der Waals surface area (Å²) in [6, 6.07) is 3.80. The standard InChI is InChI=1S/C10H10BrIO2/c1-3-14-10(13)8-4-7(12)5-9(11)6(8)2/h4-5H,3H2,1-2H3. The molecule has 0 N–H and O–H groups in total. The van der Waals surface area contributed by atoms with Gasteiger partial charge in [0.1, 0.15) is 0 Å². The van der Waals surface area contributed by atoms with E-state index in [1.54, 1.807) is 6.92 Å². The summed E-state index contributed by atoms with van der Waals surface area (Å²) in [5, 5.41) is 0. The smallest absolute Gasteiger partial charge is 0.338 e. The molecule has 0 unspecified atom stereocenters. The van der Waals surface area contributed by atoms with Crippen molar-refractivity contribution in [1.82, 2.24) is 0 Å². The Kier molecular flexibility index (Phi) is 4.37. The minimum Gasteiger partial charge on any atom is -0.462 e. The molecule has 0 amide bonds. The van der Waals surface area contributed by atoms with Gasteiger partial charge in [-0.2, -0.15) is 0 Å². The summed E-state index contributed by atoms with van der Waals surface area (Å²) in [5.41, 5.74) is 1.55. The average Bonchev–Trinajstić information content (AvgIpc) is 2.11. The third kappa shape index (κ3) is 2.70. The van der Waals surface area contributed by atoms with Crippen LogP contribution in [-0.4, -0.2) is 12.6 Å². The molecule has 1 rings (SSSR count). The second kappa shape index (κ2) is 5.11. The number of hydrogen-bond donors (Lipinski definition) is 0. The maximum absolute atomic E-state index is 11.5. The van der Waals surface area contributed by atoms with Crippen LogP contribution in [0.15, 0.2) is 16.6 Å². The minimum atomic E-state index is -0.260.